The van der Waals surface area contributed by atoms with E-state index in [-0.39, 0.29) is 0 Å². The van der Waals surface area contributed by atoms with E-state index in [1.165, 1.54) is 0 Å². The van der Waals surface area contributed by atoms with E-state index in [0.717, 1.165) is 0 Å². The molecule has 17 heavy (non-hydrogen) atoms. The Balaban J connectivity index is 5.14. The average Bonchev–Trinajstić information content (AvgIpc) is 2.32. The Hall–Kier alpha value is 0.0500. The van der Waals surface area contributed by atoms with Gasteiger partial charge in [0.05, 0.1) is 0 Å². The molecule has 0 aliphatic carbocycles. The molecule has 0 saturated carbocycles. The number of rotatable bonds is 8. The zero-order valence-electron chi connectivity index (χ0n) is 10.4. The zero-order valence-corrected chi connectivity index (χ0v) is 11.2. The van der Waals surface area contributed by atoms with Crippen molar-refractivity contribution in [3.05, 3.63) is 0 Å². The van der Waals surface area contributed by atoms with Crippen LogP contribution in [0, 0.1) is 11.8 Å². The number of hydrogen-bond donors (Lipinski definition) is 1. The van der Waals surface area contributed by atoms with E-state index in [2.05, 4.69) is 9.37 Å². The third kappa shape index (κ3) is 3.51. The third-order valence-corrected chi connectivity index (χ3v) is 4.02. The minimum Gasteiger partial charge on any atom is -0.691 e. The zero-order chi connectivity index (χ0) is 13.7. The van der Waals surface area contributed by atoms with Gasteiger partial charge in [-0.25, -0.2) is 0 Å². The summed E-state index contributed by atoms with van der Waals surface area (Å²) >= 11 is -0.445. The van der Waals surface area contributed by atoms with Crippen molar-refractivity contribution >= 4 is 12.0 Å². The molecule has 7 heteroatoms. The third-order valence-electron chi connectivity index (χ3n) is 3.36. The molecule has 2 atom stereocenters. The second kappa shape index (κ2) is 6.84. The summed E-state index contributed by atoms with van der Waals surface area (Å²) in [6, 6.07) is 0. The van der Waals surface area contributed by atoms with Crippen molar-refractivity contribution in [1.29, 1.82) is 0 Å². The summed E-state index contributed by atoms with van der Waals surface area (Å²) in [6.07, 6.45) is 0.768. The van der Waals surface area contributed by atoms with E-state index in [1.807, 2.05) is 0 Å². The first kappa shape index (κ1) is 17.1. The Morgan fingerprint density at radius 2 is 1.65 bits per heavy atom. The fraction of sp³-hybridized carbons (Fsp3) is 1.00. The molecular weight excluding hydrogens is 254 g/mol. The predicted molar refractivity (Wildman–Crippen MR) is 58.6 cm³/mol. The van der Waals surface area contributed by atoms with Crippen LogP contribution in [0.3, 0.4) is 0 Å². The standard InChI is InChI=1S/C10H20F2O4S/c1-5-7(3)9(13,8(4)6-2)10(11,12)17-16-15-14/h7-8,13-14H,5-6H2,1-4H3/p-1. The molecule has 0 aromatic carbocycles. The van der Waals surface area contributed by atoms with Crippen LogP contribution in [0.4, 0.5) is 8.78 Å². The molecule has 0 rings (SSSR count). The van der Waals surface area contributed by atoms with Gasteiger partial charge in [-0.1, -0.05) is 40.5 Å². The quantitative estimate of drug-likeness (QED) is 0.417. The Kier molecular flexibility index (Phi) is 6.86. The van der Waals surface area contributed by atoms with Gasteiger partial charge < -0.3 is 10.4 Å². The van der Waals surface area contributed by atoms with E-state index in [0.29, 0.717) is 12.8 Å². The highest BCUT2D eigenvalue weighted by Crippen LogP contribution is 2.49. The van der Waals surface area contributed by atoms with Gasteiger partial charge in [-0.05, 0) is 11.8 Å². The summed E-state index contributed by atoms with van der Waals surface area (Å²) in [6.45, 7) is 6.50. The average molecular weight is 273 g/mol. The Bertz CT molecular complexity index is 218. The Labute approximate surface area is 104 Å². The van der Waals surface area contributed by atoms with Crippen LogP contribution in [0.1, 0.15) is 40.5 Å². The van der Waals surface area contributed by atoms with Gasteiger partial charge in [0.2, 0.25) is 0 Å². The highest BCUT2D eigenvalue weighted by atomic mass is 32.2. The van der Waals surface area contributed by atoms with Gasteiger partial charge >= 0.3 is 5.25 Å². The molecular formula is C10H19F2O4S-. The van der Waals surface area contributed by atoms with Crippen molar-refractivity contribution in [3.8, 4) is 0 Å². The molecule has 0 fully saturated rings. The van der Waals surface area contributed by atoms with Gasteiger partial charge in [-0.2, -0.15) is 13.1 Å². The van der Waals surface area contributed by atoms with Crippen molar-refractivity contribution in [3.63, 3.8) is 0 Å². The SMILES string of the molecule is CCC(C)C(O)(C(C)CC)C(F)(F)SOO[O-]. The number of aliphatic hydroxyl groups is 1. The monoisotopic (exact) mass is 273 g/mol. The molecule has 0 aromatic rings. The Morgan fingerprint density at radius 3 is 1.94 bits per heavy atom. The molecule has 0 aliphatic heterocycles. The molecule has 0 heterocycles. The Morgan fingerprint density at radius 1 is 1.24 bits per heavy atom. The van der Waals surface area contributed by atoms with E-state index in [1.54, 1.807) is 27.7 Å². The van der Waals surface area contributed by atoms with E-state index < -0.39 is 34.7 Å². The highest BCUT2D eigenvalue weighted by Gasteiger charge is 2.59. The minimum absolute atomic E-state index is 0.384. The normalized spacial score (nSPS) is 19.8. The van der Waals surface area contributed by atoms with Crippen LogP contribution in [0.5, 0.6) is 0 Å². The van der Waals surface area contributed by atoms with E-state index in [4.69, 9.17) is 0 Å². The molecule has 0 bridgehead atoms. The lowest BCUT2D eigenvalue weighted by molar-refractivity contribution is -0.777. The first-order chi connectivity index (χ1) is 7.77. The van der Waals surface area contributed by atoms with Gasteiger partial charge in [0.15, 0.2) is 0 Å². The molecule has 0 amide bonds. The maximum atomic E-state index is 13.9. The maximum absolute atomic E-state index is 13.9. The van der Waals surface area contributed by atoms with E-state index >= 15 is 0 Å². The summed E-state index contributed by atoms with van der Waals surface area (Å²) in [5, 5.41) is 19.2. The highest BCUT2D eigenvalue weighted by molar-refractivity contribution is 7.95. The smallest absolute Gasteiger partial charge is 0.349 e. The lowest BCUT2D eigenvalue weighted by atomic mass is 9.76. The van der Waals surface area contributed by atoms with Crippen molar-refractivity contribution < 1.29 is 28.5 Å². The van der Waals surface area contributed by atoms with Crippen molar-refractivity contribution in [2.45, 2.75) is 51.4 Å². The summed E-state index contributed by atoms with van der Waals surface area (Å²) in [7, 11) is 0. The first-order valence-corrected chi connectivity index (χ1v) is 6.26. The summed E-state index contributed by atoms with van der Waals surface area (Å²) in [5.41, 5.74) is -2.25. The lowest BCUT2D eigenvalue weighted by Crippen LogP contribution is -2.55. The van der Waals surface area contributed by atoms with Crippen LogP contribution in [0.2, 0.25) is 0 Å². The predicted octanol–water partition coefficient (Wildman–Crippen LogP) is 2.27. The second-order valence-corrected chi connectivity index (χ2v) is 5.00. The van der Waals surface area contributed by atoms with Gasteiger partial charge in [0.1, 0.15) is 17.6 Å². The van der Waals surface area contributed by atoms with Crippen molar-refractivity contribution in [2.24, 2.45) is 11.8 Å². The lowest BCUT2D eigenvalue weighted by Gasteiger charge is -2.43. The number of alkyl halides is 2. The molecule has 2 unspecified atom stereocenters. The molecule has 0 aliphatic rings. The van der Waals surface area contributed by atoms with E-state index in [9.17, 15) is 19.1 Å². The van der Waals surface area contributed by atoms with Crippen LogP contribution in [-0.2, 0) is 9.37 Å². The number of halogens is 2. The topological polar surface area (TPSA) is 61.8 Å². The van der Waals surface area contributed by atoms with Crippen molar-refractivity contribution in [2.75, 3.05) is 0 Å². The summed E-state index contributed by atoms with van der Waals surface area (Å²) in [5.74, 6) is -1.29. The largest absolute Gasteiger partial charge is 0.691 e. The van der Waals surface area contributed by atoms with Crippen LogP contribution < -0.4 is 5.26 Å². The fourth-order valence-corrected chi connectivity index (χ4v) is 2.45. The van der Waals surface area contributed by atoms with Crippen LogP contribution in [0.15, 0.2) is 0 Å². The van der Waals surface area contributed by atoms with Crippen LogP contribution in [-0.4, -0.2) is 16.0 Å². The molecule has 0 spiro atoms. The molecule has 0 aromatic heterocycles. The fourth-order valence-electron chi connectivity index (χ4n) is 1.81. The summed E-state index contributed by atoms with van der Waals surface area (Å²) < 4.78 is 31.5. The first-order valence-electron chi connectivity index (χ1n) is 5.52. The van der Waals surface area contributed by atoms with Crippen molar-refractivity contribution in [1.82, 2.24) is 0 Å². The maximum Gasteiger partial charge on any atom is 0.349 e. The summed E-state index contributed by atoms with van der Waals surface area (Å²) in [4.78, 5) is 0. The van der Waals surface area contributed by atoms with Gasteiger partial charge in [-0.3, -0.25) is 5.04 Å². The molecule has 0 radical (unpaired) electrons. The van der Waals surface area contributed by atoms with Gasteiger partial charge in [-0.15, -0.1) is 0 Å². The van der Waals surface area contributed by atoms with Gasteiger partial charge in [0, 0.05) is 0 Å². The second-order valence-electron chi connectivity index (χ2n) is 4.18. The van der Waals surface area contributed by atoms with Crippen LogP contribution in [0.25, 0.3) is 0 Å². The molecule has 4 nitrogen and oxygen atoms in total. The minimum atomic E-state index is -3.62. The van der Waals surface area contributed by atoms with Crippen LogP contribution >= 0.6 is 12.0 Å². The van der Waals surface area contributed by atoms with Gasteiger partial charge in [0.25, 0.3) is 0 Å². The molecule has 104 valence electrons. The molecule has 0 saturated heterocycles. The number of hydrogen-bond acceptors (Lipinski definition) is 5. The molecule has 1 N–H and O–H groups in total.